The van der Waals surface area contributed by atoms with E-state index in [2.05, 4.69) is 89.1 Å². The average Bonchev–Trinajstić information content (AvgIpc) is 2.99. The molecule has 38 heavy (non-hydrogen) atoms. The molecule has 0 aromatic heterocycles. The first-order chi connectivity index (χ1) is 18.9. The summed E-state index contributed by atoms with van der Waals surface area (Å²) in [5, 5.41) is 9.60. The molecule has 4 aromatic rings. The Morgan fingerprint density at radius 3 is 2.42 bits per heavy atom. The normalized spacial score (nSPS) is 17.1. The Kier molecular flexibility index (Phi) is 6.41. The van der Waals surface area contributed by atoms with E-state index in [9.17, 15) is 0 Å². The van der Waals surface area contributed by atoms with Crippen molar-refractivity contribution >= 4 is 32.9 Å². The fourth-order valence-corrected chi connectivity index (χ4v) is 7.12. The van der Waals surface area contributed by atoms with Gasteiger partial charge >= 0.3 is 0 Å². The number of hydrogen-bond acceptors (Lipinski definition) is 2. The van der Waals surface area contributed by atoms with Gasteiger partial charge in [0.1, 0.15) is 0 Å². The van der Waals surface area contributed by atoms with Gasteiger partial charge in [-0.25, -0.2) is 0 Å². The molecule has 192 valence electrons. The highest BCUT2D eigenvalue weighted by Crippen LogP contribution is 2.44. The van der Waals surface area contributed by atoms with Gasteiger partial charge in [-0.15, -0.1) is 0 Å². The molecule has 3 aliphatic rings. The summed E-state index contributed by atoms with van der Waals surface area (Å²) in [5.41, 5.74) is 10.5. The number of fused-ring (bicyclic) bond motifs is 5. The van der Waals surface area contributed by atoms with Crippen molar-refractivity contribution in [3.05, 3.63) is 107 Å². The third-order valence-corrected chi connectivity index (χ3v) is 8.95. The van der Waals surface area contributed by atoms with E-state index in [0.29, 0.717) is 0 Å². The number of benzene rings is 4. The lowest BCUT2D eigenvalue weighted by Crippen LogP contribution is -2.29. The molecule has 1 N–H and O–H groups in total. The highest BCUT2D eigenvalue weighted by molar-refractivity contribution is 6.15. The van der Waals surface area contributed by atoms with Crippen LogP contribution >= 0.6 is 0 Å². The summed E-state index contributed by atoms with van der Waals surface area (Å²) in [5.74, 6) is 0. The second kappa shape index (κ2) is 10.3. The van der Waals surface area contributed by atoms with E-state index in [1.54, 1.807) is 22.4 Å². The van der Waals surface area contributed by atoms with Crippen molar-refractivity contribution in [1.29, 1.82) is 0 Å². The SMILES string of the molecule is C1=CC2=C(CC1)N(c1cc3c4c(c(NCCCc5ccccc5)cc3c3ccccc13)CCCC4)CCC2. The van der Waals surface area contributed by atoms with Crippen LogP contribution in [0.3, 0.4) is 0 Å². The number of rotatable bonds is 6. The van der Waals surface area contributed by atoms with Gasteiger partial charge in [-0.05, 0) is 115 Å². The zero-order chi connectivity index (χ0) is 25.3. The molecule has 0 radical (unpaired) electrons. The molecular weight excluding hydrogens is 460 g/mol. The summed E-state index contributed by atoms with van der Waals surface area (Å²) in [7, 11) is 0. The van der Waals surface area contributed by atoms with Crippen molar-refractivity contribution in [3.63, 3.8) is 0 Å². The smallest absolute Gasteiger partial charge is 0.0494 e. The summed E-state index contributed by atoms with van der Waals surface area (Å²) in [6.07, 6.45) is 16.8. The lowest BCUT2D eigenvalue weighted by atomic mass is 9.84. The highest BCUT2D eigenvalue weighted by Gasteiger charge is 2.25. The molecule has 0 unspecified atom stereocenters. The van der Waals surface area contributed by atoms with Crippen LogP contribution in [0.5, 0.6) is 0 Å². The molecule has 2 nitrogen and oxygen atoms in total. The van der Waals surface area contributed by atoms with Crippen LogP contribution in [-0.2, 0) is 19.3 Å². The second-order valence-electron chi connectivity index (χ2n) is 11.3. The minimum absolute atomic E-state index is 1.01. The molecule has 0 amide bonds. The molecule has 7 rings (SSSR count). The highest BCUT2D eigenvalue weighted by atomic mass is 15.1. The van der Waals surface area contributed by atoms with Crippen LogP contribution < -0.4 is 10.2 Å². The van der Waals surface area contributed by atoms with E-state index < -0.39 is 0 Å². The van der Waals surface area contributed by atoms with E-state index in [1.807, 2.05) is 0 Å². The molecule has 2 aliphatic carbocycles. The molecule has 0 spiro atoms. The van der Waals surface area contributed by atoms with Crippen LogP contribution in [0, 0.1) is 0 Å². The molecule has 1 heterocycles. The maximum atomic E-state index is 3.89. The standard InChI is InChI=1S/C36H38N2/c1-2-12-26(13-3-1)14-10-22-37-34-24-32-29-18-6-8-20-31(29)36(25-33(32)28-17-5-7-19-30(28)34)38-23-11-16-27-15-4-9-21-35(27)38/h1-4,6,8,12-13,15,18,20,24-25,37H,5,7,9-11,14,16-17,19,21-23H2. The summed E-state index contributed by atoms with van der Waals surface area (Å²) in [6.45, 7) is 2.15. The second-order valence-corrected chi connectivity index (χ2v) is 11.3. The van der Waals surface area contributed by atoms with Crippen molar-refractivity contribution in [2.24, 2.45) is 0 Å². The molecule has 0 atom stereocenters. The maximum absolute atomic E-state index is 3.89. The summed E-state index contributed by atoms with van der Waals surface area (Å²) < 4.78 is 0. The minimum atomic E-state index is 1.01. The molecule has 0 saturated carbocycles. The predicted octanol–water partition coefficient (Wildman–Crippen LogP) is 9.12. The lowest BCUT2D eigenvalue weighted by Gasteiger charge is -2.36. The van der Waals surface area contributed by atoms with E-state index in [1.165, 1.54) is 83.4 Å². The van der Waals surface area contributed by atoms with Gasteiger partial charge in [0, 0.05) is 35.5 Å². The summed E-state index contributed by atoms with van der Waals surface area (Å²) in [4.78, 5) is 2.68. The Balaban J connectivity index is 1.31. The molecule has 2 heteroatoms. The van der Waals surface area contributed by atoms with Crippen molar-refractivity contribution in [3.8, 4) is 0 Å². The van der Waals surface area contributed by atoms with Crippen molar-refractivity contribution in [2.45, 2.75) is 64.2 Å². The van der Waals surface area contributed by atoms with Crippen LogP contribution in [0.2, 0.25) is 0 Å². The molecule has 4 aromatic carbocycles. The quantitative estimate of drug-likeness (QED) is 0.211. The molecule has 1 aliphatic heterocycles. The Morgan fingerprint density at radius 1 is 0.711 bits per heavy atom. The van der Waals surface area contributed by atoms with Gasteiger partial charge in [0.25, 0.3) is 0 Å². The van der Waals surface area contributed by atoms with Gasteiger partial charge in [-0.1, -0.05) is 66.7 Å². The minimum Gasteiger partial charge on any atom is -0.385 e. The lowest BCUT2D eigenvalue weighted by molar-refractivity contribution is 0.689. The van der Waals surface area contributed by atoms with Crippen LogP contribution in [-0.4, -0.2) is 13.1 Å². The average molecular weight is 499 g/mol. The first kappa shape index (κ1) is 23.6. The zero-order valence-corrected chi connectivity index (χ0v) is 22.4. The first-order valence-corrected chi connectivity index (χ1v) is 14.8. The fraction of sp³-hybridized carbons (Fsp3) is 0.333. The fourth-order valence-electron chi connectivity index (χ4n) is 7.12. The Bertz CT molecular complexity index is 1540. The Hall–Kier alpha value is -3.52. The monoisotopic (exact) mass is 498 g/mol. The van der Waals surface area contributed by atoms with E-state index in [0.717, 1.165) is 32.4 Å². The first-order valence-electron chi connectivity index (χ1n) is 14.8. The van der Waals surface area contributed by atoms with E-state index >= 15 is 0 Å². The van der Waals surface area contributed by atoms with Crippen LogP contribution in [0.15, 0.2) is 90.2 Å². The Labute approximate surface area is 227 Å². The number of allylic oxidation sites excluding steroid dienone is 4. The van der Waals surface area contributed by atoms with Gasteiger partial charge in [0.15, 0.2) is 0 Å². The number of anilines is 2. The summed E-state index contributed by atoms with van der Waals surface area (Å²) in [6, 6.07) is 25.1. The van der Waals surface area contributed by atoms with E-state index in [4.69, 9.17) is 0 Å². The molecule has 0 saturated heterocycles. The number of nitrogens with zero attached hydrogens (tertiary/aromatic N) is 1. The zero-order valence-electron chi connectivity index (χ0n) is 22.4. The maximum Gasteiger partial charge on any atom is 0.0494 e. The van der Waals surface area contributed by atoms with Crippen molar-refractivity contribution in [2.75, 3.05) is 23.3 Å². The number of hydrogen-bond donors (Lipinski definition) is 1. The van der Waals surface area contributed by atoms with Gasteiger partial charge in [0.05, 0.1) is 0 Å². The van der Waals surface area contributed by atoms with Gasteiger partial charge in [-0.2, -0.15) is 0 Å². The van der Waals surface area contributed by atoms with Gasteiger partial charge < -0.3 is 10.2 Å². The van der Waals surface area contributed by atoms with Crippen molar-refractivity contribution in [1.82, 2.24) is 0 Å². The third-order valence-electron chi connectivity index (χ3n) is 8.95. The van der Waals surface area contributed by atoms with Gasteiger partial charge in [0.2, 0.25) is 0 Å². The molecular formula is C36H38N2. The van der Waals surface area contributed by atoms with Crippen LogP contribution in [0.25, 0.3) is 21.5 Å². The van der Waals surface area contributed by atoms with Crippen molar-refractivity contribution < 1.29 is 0 Å². The number of nitrogens with one attached hydrogen (secondary N) is 1. The largest absolute Gasteiger partial charge is 0.385 e. The molecule has 0 bridgehead atoms. The summed E-state index contributed by atoms with van der Waals surface area (Å²) >= 11 is 0. The topological polar surface area (TPSA) is 15.3 Å². The van der Waals surface area contributed by atoms with Gasteiger partial charge in [-0.3, -0.25) is 0 Å². The molecule has 0 fully saturated rings. The van der Waals surface area contributed by atoms with Crippen LogP contribution in [0.1, 0.15) is 61.6 Å². The third kappa shape index (κ3) is 4.30. The predicted molar refractivity (Wildman–Crippen MR) is 163 cm³/mol. The Morgan fingerprint density at radius 2 is 1.53 bits per heavy atom. The van der Waals surface area contributed by atoms with E-state index in [-0.39, 0.29) is 0 Å². The number of aryl methyl sites for hydroxylation is 2. The van der Waals surface area contributed by atoms with Crippen LogP contribution in [0.4, 0.5) is 11.4 Å².